The molecule has 164 valence electrons. The fourth-order valence-electron chi connectivity index (χ4n) is 4.89. The second-order valence-electron chi connectivity index (χ2n) is 8.44. The molecule has 2 aliphatic rings. The number of fused-ring (bicyclic) bond motifs is 2. The zero-order valence-electron chi connectivity index (χ0n) is 18.2. The molecule has 0 fully saturated rings. The summed E-state index contributed by atoms with van der Waals surface area (Å²) in [5.74, 6) is 1.37. The Labute approximate surface area is 193 Å². The molecule has 0 aromatic heterocycles. The predicted octanol–water partition coefficient (Wildman–Crippen LogP) is 6.42. The number of benzene rings is 3. The van der Waals surface area contributed by atoms with Gasteiger partial charge in [0.15, 0.2) is 0 Å². The van der Waals surface area contributed by atoms with E-state index in [-0.39, 0.29) is 18.0 Å². The van der Waals surface area contributed by atoms with Crippen LogP contribution in [0.2, 0.25) is 5.02 Å². The molecule has 0 saturated heterocycles. The van der Waals surface area contributed by atoms with Crippen molar-refractivity contribution in [2.24, 2.45) is 0 Å². The molecule has 5 heteroatoms. The van der Waals surface area contributed by atoms with Crippen molar-refractivity contribution < 1.29 is 19.0 Å². The quantitative estimate of drug-likeness (QED) is 0.422. The maximum Gasteiger partial charge on any atom is 0.306 e. The molecular formula is C27H25ClO4. The van der Waals surface area contributed by atoms with Gasteiger partial charge in [0.2, 0.25) is 0 Å². The Bertz CT molecular complexity index is 1170. The van der Waals surface area contributed by atoms with Gasteiger partial charge in [0.05, 0.1) is 20.1 Å². The number of carbonyl (C=O) groups excluding carboxylic acids is 1. The molecule has 0 bridgehead atoms. The van der Waals surface area contributed by atoms with Gasteiger partial charge in [0.1, 0.15) is 17.6 Å². The minimum atomic E-state index is -0.223. The Hall–Kier alpha value is -2.98. The second kappa shape index (κ2) is 8.51. The van der Waals surface area contributed by atoms with E-state index in [2.05, 4.69) is 31.2 Å². The minimum Gasteiger partial charge on any atom is -0.492 e. The van der Waals surface area contributed by atoms with Crippen LogP contribution >= 0.6 is 11.6 Å². The van der Waals surface area contributed by atoms with E-state index in [1.807, 2.05) is 30.3 Å². The third-order valence-electron chi connectivity index (χ3n) is 6.49. The highest BCUT2D eigenvalue weighted by Crippen LogP contribution is 2.44. The molecule has 0 amide bonds. The molecule has 32 heavy (non-hydrogen) atoms. The van der Waals surface area contributed by atoms with Crippen LogP contribution in [0.4, 0.5) is 0 Å². The molecule has 3 aromatic carbocycles. The first-order valence-corrected chi connectivity index (χ1v) is 11.3. The molecule has 0 spiro atoms. The van der Waals surface area contributed by atoms with Crippen LogP contribution in [0.15, 0.2) is 54.6 Å². The van der Waals surface area contributed by atoms with Gasteiger partial charge in [-0.25, -0.2) is 0 Å². The van der Waals surface area contributed by atoms with Crippen LogP contribution in [0.3, 0.4) is 0 Å². The normalized spacial score (nSPS) is 18.6. The second-order valence-corrected chi connectivity index (χ2v) is 8.85. The number of aryl methyl sites for hydroxylation is 1. The van der Waals surface area contributed by atoms with Gasteiger partial charge in [-0.3, -0.25) is 4.79 Å². The maximum atomic E-state index is 11.7. The average Bonchev–Trinajstić information content (AvgIpc) is 3.38. The molecule has 4 nitrogen and oxygen atoms in total. The summed E-state index contributed by atoms with van der Waals surface area (Å²) in [6, 6.07) is 18.3. The van der Waals surface area contributed by atoms with Crippen molar-refractivity contribution in [2.45, 2.75) is 38.2 Å². The number of rotatable bonds is 5. The highest BCUT2D eigenvalue weighted by molar-refractivity contribution is 6.33. The maximum absolute atomic E-state index is 11.7. The first kappa shape index (κ1) is 20.9. The van der Waals surface area contributed by atoms with Crippen molar-refractivity contribution in [1.82, 2.24) is 0 Å². The summed E-state index contributed by atoms with van der Waals surface area (Å²) >= 11 is 6.56. The zero-order valence-corrected chi connectivity index (χ0v) is 18.9. The van der Waals surface area contributed by atoms with E-state index < -0.39 is 0 Å². The van der Waals surface area contributed by atoms with Crippen LogP contribution in [-0.4, -0.2) is 19.7 Å². The van der Waals surface area contributed by atoms with E-state index in [1.54, 1.807) is 0 Å². The highest BCUT2D eigenvalue weighted by Gasteiger charge is 2.30. The van der Waals surface area contributed by atoms with Gasteiger partial charge in [-0.2, -0.15) is 0 Å². The zero-order chi connectivity index (χ0) is 22.2. The Balaban J connectivity index is 1.39. The van der Waals surface area contributed by atoms with E-state index in [1.165, 1.54) is 29.4 Å². The van der Waals surface area contributed by atoms with Gasteiger partial charge in [-0.05, 0) is 54.2 Å². The number of hydrogen-bond acceptors (Lipinski definition) is 4. The lowest BCUT2D eigenvalue weighted by Crippen LogP contribution is -2.09. The Kier molecular flexibility index (Phi) is 5.56. The van der Waals surface area contributed by atoms with Gasteiger partial charge in [0.25, 0.3) is 0 Å². The van der Waals surface area contributed by atoms with Crippen LogP contribution in [0.25, 0.3) is 11.1 Å². The first-order chi connectivity index (χ1) is 15.5. The number of hydrogen-bond donors (Lipinski definition) is 0. The fraction of sp³-hybridized carbons (Fsp3) is 0.296. The largest absolute Gasteiger partial charge is 0.492 e. The summed E-state index contributed by atoms with van der Waals surface area (Å²) in [7, 11) is 1.41. The summed E-state index contributed by atoms with van der Waals surface area (Å²) < 4.78 is 17.0. The lowest BCUT2D eigenvalue weighted by molar-refractivity contribution is -0.141. The molecule has 1 heterocycles. The molecule has 3 aromatic rings. The van der Waals surface area contributed by atoms with E-state index in [0.29, 0.717) is 13.0 Å². The topological polar surface area (TPSA) is 44.8 Å². The van der Waals surface area contributed by atoms with Crippen molar-refractivity contribution in [3.05, 3.63) is 81.9 Å². The Morgan fingerprint density at radius 3 is 2.78 bits per heavy atom. The number of methoxy groups -OCH3 is 1. The van der Waals surface area contributed by atoms with Crippen LogP contribution in [0.1, 0.15) is 47.1 Å². The average molecular weight is 449 g/mol. The predicted molar refractivity (Wildman–Crippen MR) is 125 cm³/mol. The van der Waals surface area contributed by atoms with Crippen LogP contribution < -0.4 is 9.47 Å². The van der Waals surface area contributed by atoms with E-state index in [9.17, 15) is 4.79 Å². The molecule has 1 aliphatic carbocycles. The summed E-state index contributed by atoms with van der Waals surface area (Å²) in [5.41, 5.74) is 7.03. The van der Waals surface area contributed by atoms with Gasteiger partial charge in [-0.1, -0.05) is 48.0 Å². The molecule has 0 N–H and O–H groups in total. The van der Waals surface area contributed by atoms with Crippen molar-refractivity contribution in [3.63, 3.8) is 0 Å². The molecule has 1 aliphatic heterocycles. The van der Waals surface area contributed by atoms with Crippen LogP contribution in [-0.2, 0) is 16.0 Å². The third kappa shape index (κ3) is 3.73. The van der Waals surface area contributed by atoms with E-state index in [4.69, 9.17) is 25.8 Å². The third-order valence-corrected chi connectivity index (χ3v) is 6.81. The highest BCUT2D eigenvalue weighted by atomic mass is 35.5. The summed E-state index contributed by atoms with van der Waals surface area (Å²) in [5, 5.41) is 0.778. The number of halogens is 1. The van der Waals surface area contributed by atoms with Crippen LogP contribution in [0, 0.1) is 6.92 Å². The van der Waals surface area contributed by atoms with Crippen LogP contribution in [0.5, 0.6) is 11.5 Å². The number of carbonyl (C=O) groups is 1. The summed E-state index contributed by atoms with van der Waals surface area (Å²) in [6.07, 6.45) is 2.17. The molecule has 0 saturated carbocycles. The van der Waals surface area contributed by atoms with Crippen molar-refractivity contribution in [2.75, 3.05) is 13.7 Å². The van der Waals surface area contributed by atoms with Gasteiger partial charge >= 0.3 is 5.97 Å². The first-order valence-electron chi connectivity index (χ1n) is 10.9. The molecule has 2 atom stereocenters. The van der Waals surface area contributed by atoms with Crippen molar-refractivity contribution >= 4 is 17.6 Å². The molecule has 5 rings (SSSR count). The standard InChI is InChI=1S/C27H25ClO4/c1-16-5-3-8-23(28)27(16)22-7-4-6-21-20(22)11-12-24(21)32-18-9-10-19-17(13-26(29)30-2)15-31-25(19)14-18/h3-10,14,17,24H,11-13,15H2,1-2H3/t17?,24-/m1/s1. The van der Waals surface area contributed by atoms with Gasteiger partial charge in [0, 0.05) is 28.1 Å². The smallest absolute Gasteiger partial charge is 0.306 e. The Morgan fingerprint density at radius 1 is 1.12 bits per heavy atom. The van der Waals surface area contributed by atoms with Crippen molar-refractivity contribution in [3.8, 4) is 22.6 Å². The summed E-state index contributed by atoms with van der Waals surface area (Å²) in [4.78, 5) is 11.7. The lowest BCUT2D eigenvalue weighted by Gasteiger charge is -2.17. The number of ether oxygens (including phenoxy) is 3. The van der Waals surface area contributed by atoms with E-state index in [0.717, 1.165) is 40.5 Å². The minimum absolute atomic E-state index is 0.0157. The molecule has 1 unspecified atom stereocenters. The van der Waals surface area contributed by atoms with Gasteiger partial charge in [-0.15, -0.1) is 0 Å². The SMILES string of the molecule is COC(=O)CC1COc2cc(O[C@@H]3CCc4c(-c5c(C)cccc5Cl)cccc43)ccc21. The summed E-state index contributed by atoms with van der Waals surface area (Å²) in [6.45, 7) is 2.59. The lowest BCUT2D eigenvalue weighted by atomic mass is 9.94. The monoisotopic (exact) mass is 448 g/mol. The fourth-order valence-corrected chi connectivity index (χ4v) is 5.22. The molecule has 0 radical (unpaired) electrons. The Morgan fingerprint density at radius 2 is 1.97 bits per heavy atom. The van der Waals surface area contributed by atoms with Crippen molar-refractivity contribution in [1.29, 1.82) is 0 Å². The number of esters is 1. The molecular weight excluding hydrogens is 424 g/mol. The van der Waals surface area contributed by atoms with Gasteiger partial charge < -0.3 is 14.2 Å². The van der Waals surface area contributed by atoms with E-state index >= 15 is 0 Å².